The van der Waals surface area contributed by atoms with Crippen LogP contribution in [0.4, 0.5) is 0 Å². The minimum Gasteiger partial charge on any atom is -0.455 e. The van der Waals surface area contributed by atoms with Crippen molar-refractivity contribution < 1.29 is 4.42 Å². The molecule has 5 aromatic carbocycles. The number of benzene rings is 5. The van der Waals surface area contributed by atoms with Gasteiger partial charge in [0.25, 0.3) is 0 Å². The molecule has 3 aromatic heterocycles. The molecule has 5 heteroatoms. The van der Waals surface area contributed by atoms with Crippen LogP contribution in [0.3, 0.4) is 0 Å². The van der Waals surface area contributed by atoms with Crippen LogP contribution < -0.4 is 0 Å². The van der Waals surface area contributed by atoms with Gasteiger partial charge in [-0.3, -0.25) is 4.98 Å². The van der Waals surface area contributed by atoms with Crippen LogP contribution >= 0.6 is 0 Å². The van der Waals surface area contributed by atoms with Crippen LogP contribution in [0.15, 0.2) is 150 Å². The van der Waals surface area contributed by atoms with Gasteiger partial charge in [-0.1, -0.05) is 97.1 Å². The molecule has 0 spiro atoms. The standard InChI is InChI=1S/C38H24N4O/c1-3-10-26(11-4-1)36-40-37(27-12-5-2-6-13-27)42-38(41-36)33-24-30(23-32-31-16-7-8-17-34(31)43-35(32)33)29-15-9-14-28(22-29)25-18-20-39-21-19-25/h1-24H. The van der Waals surface area contributed by atoms with Crippen molar-refractivity contribution in [3.63, 3.8) is 0 Å². The summed E-state index contributed by atoms with van der Waals surface area (Å²) in [4.78, 5) is 19.1. The van der Waals surface area contributed by atoms with Crippen LogP contribution in [0.25, 0.3) is 78.4 Å². The van der Waals surface area contributed by atoms with Gasteiger partial charge in [-0.15, -0.1) is 0 Å². The number of hydrogen-bond donors (Lipinski definition) is 0. The van der Waals surface area contributed by atoms with Crippen LogP contribution in [0.2, 0.25) is 0 Å². The lowest BCUT2D eigenvalue weighted by molar-refractivity contribution is 0.669. The summed E-state index contributed by atoms with van der Waals surface area (Å²) in [5.74, 6) is 1.78. The van der Waals surface area contributed by atoms with Gasteiger partial charge in [-0.05, 0) is 58.7 Å². The maximum absolute atomic E-state index is 6.51. The van der Waals surface area contributed by atoms with E-state index in [2.05, 4.69) is 47.4 Å². The first kappa shape index (κ1) is 24.8. The Labute approximate surface area is 248 Å². The van der Waals surface area contributed by atoms with Gasteiger partial charge in [0.1, 0.15) is 11.2 Å². The molecule has 5 nitrogen and oxygen atoms in total. The van der Waals surface area contributed by atoms with Crippen LogP contribution in [-0.2, 0) is 0 Å². The van der Waals surface area contributed by atoms with Crippen molar-refractivity contribution in [3.05, 3.63) is 146 Å². The summed E-state index contributed by atoms with van der Waals surface area (Å²) in [6.45, 7) is 0. The maximum Gasteiger partial charge on any atom is 0.167 e. The fourth-order valence-corrected chi connectivity index (χ4v) is 5.51. The molecule has 0 aliphatic rings. The third kappa shape index (κ3) is 4.63. The van der Waals surface area contributed by atoms with Crippen molar-refractivity contribution in [2.24, 2.45) is 0 Å². The molecule has 0 saturated heterocycles. The highest BCUT2D eigenvalue weighted by molar-refractivity contribution is 6.11. The minimum atomic E-state index is 0.559. The second-order valence-electron chi connectivity index (χ2n) is 10.4. The molecule has 0 bridgehead atoms. The Kier molecular flexibility index (Phi) is 6.05. The number of nitrogens with zero attached hydrogens (tertiary/aromatic N) is 4. The average molecular weight is 553 g/mol. The summed E-state index contributed by atoms with van der Waals surface area (Å²) in [5, 5.41) is 2.06. The third-order valence-corrected chi connectivity index (χ3v) is 7.63. The van der Waals surface area contributed by atoms with Crippen molar-refractivity contribution in [2.45, 2.75) is 0 Å². The highest BCUT2D eigenvalue weighted by Crippen LogP contribution is 2.40. The number of fused-ring (bicyclic) bond motifs is 3. The van der Waals surface area contributed by atoms with Gasteiger partial charge in [0.2, 0.25) is 0 Å². The zero-order valence-electron chi connectivity index (χ0n) is 23.1. The SMILES string of the molecule is c1ccc(-c2nc(-c3ccccc3)nc(-c3cc(-c4cccc(-c5ccncc5)c4)cc4c3oc3ccccc34)n2)cc1. The van der Waals surface area contributed by atoms with Gasteiger partial charge in [0.05, 0.1) is 5.56 Å². The third-order valence-electron chi connectivity index (χ3n) is 7.63. The van der Waals surface area contributed by atoms with E-state index in [1.165, 1.54) is 0 Å². The summed E-state index contributed by atoms with van der Waals surface area (Å²) in [7, 11) is 0. The first-order valence-corrected chi connectivity index (χ1v) is 14.1. The zero-order chi connectivity index (χ0) is 28.6. The first-order valence-electron chi connectivity index (χ1n) is 14.1. The predicted molar refractivity (Wildman–Crippen MR) is 172 cm³/mol. The Morgan fingerprint density at radius 1 is 0.395 bits per heavy atom. The van der Waals surface area contributed by atoms with Gasteiger partial charge < -0.3 is 4.42 Å². The maximum atomic E-state index is 6.51. The molecule has 8 rings (SSSR count). The van der Waals surface area contributed by atoms with E-state index in [1.807, 2.05) is 103 Å². The summed E-state index contributed by atoms with van der Waals surface area (Å²) >= 11 is 0. The molecule has 0 N–H and O–H groups in total. The van der Waals surface area contributed by atoms with Gasteiger partial charge in [-0.25, -0.2) is 15.0 Å². The first-order chi connectivity index (χ1) is 21.3. The Hall–Kier alpha value is -5.94. The summed E-state index contributed by atoms with van der Waals surface area (Å²) < 4.78 is 6.51. The van der Waals surface area contributed by atoms with E-state index in [0.29, 0.717) is 17.5 Å². The average Bonchev–Trinajstić information content (AvgIpc) is 3.48. The molecule has 0 amide bonds. The molecular weight excluding hydrogens is 528 g/mol. The molecular formula is C38H24N4O. The molecule has 0 fully saturated rings. The molecule has 8 aromatic rings. The molecule has 0 aliphatic heterocycles. The van der Waals surface area contributed by atoms with E-state index in [-0.39, 0.29) is 0 Å². The number of hydrogen-bond acceptors (Lipinski definition) is 5. The molecule has 43 heavy (non-hydrogen) atoms. The molecule has 0 unspecified atom stereocenters. The Balaban J connectivity index is 1.40. The highest BCUT2D eigenvalue weighted by atomic mass is 16.3. The van der Waals surface area contributed by atoms with Crippen LogP contribution in [0.5, 0.6) is 0 Å². The summed E-state index contributed by atoms with van der Waals surface area (Å²) in [5.41, 5.74) is 8.60. The van der Waals surface area contributed by atoms with Crippen LogP contribution in [-0.4, -0.2) is 19.9 Å². The number of para-hydroxylation sites is 1. The number of aromatic nitrogens is 4. The molecule has 0 saturated carbocycles. The second-order valence-corrected chi connectivity index (χ2v) is 10.4. The second kappa shape index (κ2) is 10.5. The van der Waals surface area contributed by atoms with Crippen molar-refractivity contribution in [1.29, 1.82) is 0 Å². The number of furan rings is 1. The molecule has 0 atom stereocenters. The lowest BCUT2D eigenvalue weighted by Gasteiger charge is -2.11. The molecule has 3 heterocycles. The summed E-state index contributed by atoms with van der Waals surface area (Å²) in [6.07, 6.45) is 3.64. The lowest BCUT2D eigenvalue weighted by Crippen LogP contribution is -2.00. The van der Waals surface area contributed by atoms with Crippen molar-refractivity contribution in [2.75, 3.05) is 0 Å². The topological polar surface area (TPSA) is 64.7 Å². The quantitative estimate of drug-likeness (QED) is 0.213. The van der Waals surface area contributed by atoms with E-state index in [9.17, 15) is 0 Å². The summed E-state index contributed by atoms with van der Waals surface area (Å²) in [6, 6.07) is 45.1. The monoisotopic (exact) mass is 552 g/mol. The van der Waals surface area contributed by atoms with E-state index in [1.54, 1.807) is 0 Å². The van der Waals surface area contributed by atoms with E-state index in [0.717, 1.165) is 60.9 Å². The van der Waals surface area contributed by atoms with E-state index >= 15 is 0 Å². The Morgan fingerprint density at radius 3 is 1.67 bits per heavy atom. The van der Waals surface area contributed by atoms with Crippen LogP contribution in [0.1, 0.15) is 0 Å². The van der Waals surface area contributed by atoms with Crippen LogP contribution in [0, 0.1) is 0 Å². The van der Waals surface area contributed by atoms with Gasteiger partial charge in [0.15, 0.2) is 17.5 Å². The van der Waals surface area contributed by atoms with Gasteiger partial charge in [-0.2, -0.15) is 0 Å². The van der Waals surface area contributed by atoms with Crippen molar-refractivity contribution in [3.8, 4) is 56.4 Å². The fourth-order valence-electron chi connectivity index (χ4n) is 5.51. The van der Waals surface area contributed by atoms with Gasteiger partial charge >= 0.3 is 0 Å². The fraction of sp³-hybridized carbons (Fsp3) is 0. The van der Waals surface area contributed by atoms with Crippen molar-refractivity contribution >= 4 is 21.9 Å². The smallest absolute Gasteiger partial charge is 0.167 e. The zero-order valence-corrected chi connectivity index (χ0v) is 23.1. The Bertz CT molecular complexity index is 2170. The lowest BCUT2D eigenvalue weighted by atomic mass is 9.96. The predicted octanol–water partition coefficient (Wildman–Crippen LogP) is 9.50. The molecule has 0 radical (unpaired) electrons. The van der Waals surface area contributed by atoms with Crippen molar-refractivity contribution in [1.82, 2.24) is 19.9 Å². The molecule has 202 valence electrons. The highest BCUT2D eigenvalue weighted by Gasteiger charge is 2.19. The normalized spacial score (nSPS) is 11.3. The largest absolute Gasteiger partial charge is 0.455 e. The minimum absolute atomic E-state index is 0.559. The van der Waals surface area contributed by atoms with E-state index in [4.69, 9.17) is 19.4 Å². The van der Waals surface area contributed by atoms with E-state index < -0.39 is 0 Å². The van der Waals surface area contributed by atoms with Gasteiger partial charge in [0, 0.05) is 34.3 Å². The Morgan fingerprint density at radius 2 is 0.977 bits per heavy atom. The molecule has 0 aliphatic carbocycles. The number of pyridine rings is 1. The number of rotatable bonds is 5.